The summed E-state index contributed by atoms with van der Waals surface area (Å²) in [5.41, 5.74) is 0.292. The highest BCUT2D eigenvalue weighted by Gasteiger charge is 2.21. The average molecular weight is 265 g/mol. The predicted molar refractivity (Wildman–Crippen MR) is 81.3 cm³/mol. The highest BCUT2D eigenvalue weighted by molar-refractivity contribution is 7.12. The third kappa shape index (κ3) is 3.58. The largest absolute Gasteiger partial charge is 0.309 e. The van der Waals surface area contributed by atoms with Crippen LogP contribution in [0.2, 0.25) is 0 Å². The van der Waals surface area contributed by atoms with E-state index in [1.54, 1.807) is 0 Å². The molecule has 0 bridgehead atoms. The molecule has 2 heteroatoms. The molecule has 1 heterocycles. The second-order valence-corrected chi connectivity index (χ2v) is 7.90. The third-order valence-corrected chi connectivity index (χ3v) is 5.62. The summed E-state index contributed by atoms with van der Waals surface area (Å²) >= 11 is 1.96. The summed E-state index contributed by atoms with van der Waals surface area (Å²) in [6, 6.07) is 5.26. The Hall–Kier alpha value is -0.340. The van der Waals surface area contributed by atoms with Crippen molar-refractivity contribution in [1.29, 1.82) is 0 Å². The maximum absolute atomic E-state index is 3.72. The lowest BCUT2D eigenvalue weighted by Gasteiger charge is -2.20. The van der Waals surface area contributed by atoms with Crippen molar-refractivity contribution in [3.63, 3.8) is 0 Å². The molecular weight excluding hydrogens is 238 g/mol. The van der Waals surface area contributed by atoms with Crippen LogP contribution in [0, 0.1) is 5.92 Å². The van der Waals surface area contributed by atoms with E-state index < -0.39 is 0 Å². The molecule has 1 nitrogen and oxygen atoms in total. The molecule has 1 saturated carbocycles. The molecule has 1 fully saturated rings. The normalized spacial score (nSPS) is 19.3. The van der Waals surface area contributed by atoms with Crippen LogP contribution in [0.5, 0.6) is 0 Å². The molecule has 0 saturated heterocycles. The van der Waals surface area contributed by atoms with Crippen LogP contribution in [-0.4, -0.2) is 6.04 Å². The first kappa shape index (κ1) is 14.1. The van der Waals surface area contributed by atoms with Crippen molar-refractivity contribution < 1.29 is 0 Å². The molecule has 1 aromatic heterocycles. The van der Waals surface area contributed by atoms with Gasteiger partial charge in [-0.25, -0.2) is 0 Å². The zero-order chi connectivity index (χ0) is 13.2. The van der Waals surface area contributed by atoms with E-state index in [1.807, 2.05) is 11.3 Å². The van der Waals surface area contributed by atoms with Crippen LogP contribution in [0.1, 0.15) is 63.1 Å². The van der Waals surface area contributed by atoms with Crippen molar-refractivity contribution in [3.05, 3.63) is 21.9 Å². The highest BCUT2D eigenvalue weighted by Crippen LogP contribution is 2.30. The first-order valence-corrected chi connectivity index (χ1v) is 8.11. The fourth-order valence-electron chi connectivity index (χ4n) is 2.76. The van der Waals surface area contributed by atoms with Crippen LogP contribution in [-0.2, 0) is 12.0 Å². The van der Waals surface area contributed by atoms with E-state index in [-0.39, 0.29) is 0 Å². The number of nitrogens with one attached hydrogen (secondary N) is 1. The first-order chi connectivity index (χ1) is 8.47. The molecular formula is C16H27NS. The highest BCUT2D eigenvalue weighted by atomic mass is 32.1. The van der Waals surface area contributed by atoms with Crippen LogP contribution >= 0.6 is 11.3 Å². The maximum atomic E-state index is 3.72. The van der Waals surface area contributed by atoms with Crippen molar-refractivity contribution in [1.82, 2.24) is 5.32 Å². The molecule has 1 atom stereocenters. The zero-order valence-corrected chi connectivity index (χ0v) is 13.1. The second kappa shape index (κ2) is 5.75. The Kier molecular flexibility index (Phi) is 4.50. The van der Waals surface area contributed by atoms with Crippen molar-refractivity contribution in [2.45, 2.75) is 71.4 Å². The molecule has 1 N–H and O–H groups in total. The quantitative estimate of drug-likeness (QED) is 0.831. The van der Waals surface area contributed by atoms with Crippen LogP contribution in [0.15, 0.2) is 12.1 Å². The van der Waals surface area contributed by atoms with E-state index in [2.05, 4.69) is 45.1 Å². The molecule has 0 unspecified atom stereocenters. The lowest BCUT2D eigenvalue weighted by Crippen LogP contribution is -2.31. The van der Waals surface area contributed by atoms with Crippen LogP contribution in [0.25, 0.3) is 0 Å². The van der Waals surface area contributed by atoms with Crippen LogP contribution in [0.4, 0.5) is 0 Å². The molecule has 0 spiro atoms. The second-order valence-electron chi connectivity index (χ2n) is 6.73. The van der Waals surface area contributed by atoms with E-state index in [1.165, 1.54) is 35.4 Å². The molecule has 1 aliphatic carbocycles. The Morgan fingerprint density at radius 1 is 1.28 bits per heavy atom. The molecule has 1 aromatic rings. The average Bonchev–Trinajstić information content (AvgIpc) is 2.96. The molecule has 0 radical (unpaired) electrons. The summed E-state index contributed by atoms with van der Waals surface area (Å²) in [4.78, 5) is 2.97. The van der Waals surface area contributed by atoms with Gasteiger partial charge in [0.05, 0.1) is 0 Å². The van der Waals surface area contributed by atoms with Crippen molar-refractivity contribution in [2.24, 2.45) is 5.92 Å². The summed E-state index contributed by atoms with van der Waals surface area (Å²) in [6.07, 6.45) is 5.71. The van der Waals surface area contributed by atoms with Gasteiger partial charge in [-0.3, -0.25) is 0 Å². The van der Waals surface area contributed by atoms with Gasteiger partial charge in [0.15, 0.2) is 0 Å². The first-order valence-electron chi connectivity index (χ1n) is 7.29. The molecule has 102 valence electrons. The summed E-state index contributed by atoms with van der Waals surface area (Å²) in [6.45, 7) is 10.3. The van der Waals surface area contributed by atoms with Gasteiger partial charge in [-0.1, -0.05) is 33.6 Å². The number of hydrogen-bond acceptors (Lipinski definition) is 2. The minimum Gasteiger partial charge on any atom is -0.309 e. The van der Waals surface area contributed by atoms with Gasteiger partial charge in [0.25, 0.3) is 0 Å². The third-order valence-electron chi connectivity index (χ3n) is 4.11. The smallest absolute Gasteiger partial charge is 0.0302 e. The molecule has 2 rings (SSSR count). The summed E-state index contributed by atoms with van der Waals surface area (Å²) < 4.78 is 0. The van der Waals surface area contributed by atoms with Crippen LogP contribution < -0.4 is 5.32 Å². The Labute approximate surface area is 116 Å². The minimum absolute atomic E-state index is 0.292. The Morgan fingerprint density at radius 3 is 2.50 bits per heavy atom. The Bertz CT molecular complexity index is 369. The Morgan fingerprint density at radius 2 is 1.94 bits per heavy atom. The number of rotatable bonds is 4. The van der Waals surface area contributed by atoms with E-state index in [4.69, 9.17) is 0 Å². The van der Waals surface area contributed by atoms with Crippen molar-refractivity contribution in [3.8, 4) is 0 Å². The minimum atomic E-state index is 0.292. The van der Waals surface area contributed by atoms with Gasteiger partial charge >= 0.3 is 0 Å². The molecule has 0 amide bonds. The summed E-state index contributed by atoms with van der Waals surface area (Å²) in [5.74, 6) is 0.909. The van der Waals surface area contributed by atoms with Gasteiger partial charge in [0.1, 0.15) is 0 Å². The molecule has 0 aliphatic heterocycles. The van der Waals surface area contributed by atoms with Gasteiger partial charge in [-0.2, -0.15) is 0 Å². The van der Waals surface area contributed by atoms with E-state index in [0.29, 0.717) is 11.5 Å². The van der Waals surface area contributed by atoms with E-state index in [9.17, 15) is 0 Å². The predicted octanol–water partition coefficient (Wildman–Crippen LogP) is 4.71. The molecule has 0 aromatic carbocycles. The monoisotopic (exact) mass is 265 g/mol. The van der Waals surface area contributed by atoms with Gasteiger partial charge in [0, 0.05) is 22.3 Å². The van der Waals surface area contributed by atoms with Gasteiger partial charge < -0.3 is 5.32 Å². The van der Waals surface area contributed by atoms with E-state index >= 15 is 0 Å². The van der Waals surface area contributed by atoms with Crippen LogP contribution in [0.3, 0.4) is 0 Å². The van der Waals surface area contributed by atoms with Crippen molar-refractivity contribution in [2.75, 3.05) is 0 Å². The standard InChI is InChI=1S/C16H27NS/c1-12(13-7-5-6-8-13)17-11-14-9-10-15(18-14)16(2,3)4/h9-10,12-13,17H,5-8,11H2,1-4H3/t12-/m1/s1. The lowest BCUT2D eigenvalue weighted by atomic mass is 9.95. The Balaban J connectivity index is 1.84. The van der Waals surface area contributed by atoms with Gasteiger partial charge in [-0.05, 0) is 43.2 Å². The SMILES string of the molecule is C[C@@H](NCc1ccc(C(C)(C)C)s1)C1CCCC1. The maximum Gasteiger partial charge on any atom is 0.0302 e. The summed E-state index contributed by atoms with van der Waals surface area (Å²) in [5, 5.41) is 3.72. The summed E-state index contributed by atoms with van der Waals surface area (Å²) in [7, 11) is 0. The number of thiophene rings is 1. The molecule has 1 aliphatic rings. The van der Waals surface area contributed by atoms with E-state index in [0.717, 1.165) is 12.5 Å². The van der Waals surface area contributed by atoms with Gasteiger partial charge in [0.2, 0.25) is 0 Å². The fraction of sp³-hybridized carbons (Fsp3) is 0.750. The number of hydrogen-bond donors (Lipinski definition) is 1. The lowest BCUT2D eigenvalue weighted by molar-refractivity contribution is 0.381. The molecule has 18 heavy (non-hydrogen) atoms. The fourth-order valence-corrected chi connectivity index (χ4v) is 3.78. The van der Waals surface area contributed by atoms with Crippen molar-refractivity contribution >= 4 is 11.3 Å². The zero-order valence-electron chi connectivity index (χ0n) is 12.3. The van der Waals surface area contributed by atoms with Gasteiger partial charge in [-0.15, -0.1) is 11.3 Å². The topological polar surface area (TPSA) is 12.0 Å².